The van der Waals surface area contributed by atoms with E-state index in [4.69, 9.17) is 0 Å². The number of hydrogen-bond donors (Lipinski definition) is 2. The van der Waals surface area contributed by atoms with Crippen molar-refractivity contribution in [3.05, 3.63) is 35.5 Å². The predicted octanol–water partition coefficient (Wildman–Crippen LogP) is 2.87. The molecule has 3 N–H and O–H groups in total. The summed E-state index contributed by atoms with van der Waals surface area (Å²) in [6.07, 6.45) is 8.24. The van der Waals surface area contributed by atoms with Crippen LogP contribution in [0.1, 0.15) is 56.3 Å². The van der Waals surface area contributed by atoms with Crippen LogP contribution in [0.4, 0.5) is 0 Å². The number of aromatic amines is 1. The molecule has 1 aromatic carbocycles. The van der Waals surface area contributed by atoms with E-state index in [1.807, 2.05) is 0 Å². The Morgan fingerprint density at radius 2 is 2.14 bits per heavy atom. The molecule has 0 spiro atoms. The Morgan fingerprint density at radius 1 is 1.29 bits per heavy atom. The maximum absolute atomic E-state index is 11.3. The Labute approximate surface area is 126 Å². The number of para-hydroxylation sites is 1. The molecule has 0 fully saturated rings. The molecule has 2 heterocycles. The fraction of sp³-hybridized carbons (Fsp3) is 0.500. The minimum atomic E-state index is 0.0767. The van der Waals surface area contributed by atoms with Crippen molar-refractivity contribution < 1.29 is 10.1 Å². The summed E-state index contributed by atoms with van der Waals surface area (Å²) in [5.41, 5.74) is 3.93. The average Bonchev–Trinajstić information content (AvgIpc) is 2.90. The summed E-state index contributed by atoms with van der Waals surface area (Å²) in [5.74, 6) is 0. The van der Waals surface area contributed by atoms with Crippen molar-refractivity contribution in [2.24, 2.45) is 0 Å². The van der Waals surface area contributed by atoms with Crippen LogP contribution in [0, 0.1) is 0 Å². The number of carbonyl (C=O) groups excluding carboxylic acids is 1. The second-order valence-corrected chi connectivity index (χ2v) is 6.22. The van der Waals surface area contributed by atoms with E-state index in [2.05, 4.69) is 41.5 Å². The van der Waals surface area contributed by atoms with Gasteiger partial charge in [-0.2, -0.15) is 0 Å². The van der Waals surface area contributed by atoms with Crippen LogP contribution in [0.15, 0.2) is 24.3 Å². The van der Waals surface area contributed by atoms with Gasteiger partial charge < -0.3 is 10.3 Å². The summed E-state index contributed by atoms with van der Waals surface area (Å²) in [5, 5.41) is 3.56. The number of unbranched alkanes of at least 4 members (excludes halogenated alkanes) is 3. The monoisotopic (exact) mass is 285 g/mol. The molecule has 1 aromatic heterocycles. The van der Waals surface area contributed by atoms with E-state index in [0.29, 0.717) is 6.04 Å². The Balaban J connectivity index is 1.86. The first-order chi connectivity index (χ1) is 10.3. The highest BCUT2D eigenvalue weighted by molar-refractivity contribution is 5.85. The first kappa shape index (κ1) is 14.3. The van der Waals surface area contributed by atoms with Gasteiger partial charge in [-0.15, -0.1) is 0 Å². The maximum atomic E-state index is 11.3. The van der Waals surface area contributed by atoms with Gasteiger partial charge in [0.05, 0.1) is 5.69 Å². The zero-order valence-corrected chi connectivity index (χ0v) is 12.8. The third-order valence-electron chi connectivity index (χ3n) is 4.68. The standard InChI is InChI=1S/C18H24N2O/c1-2-3-4-5-10-17-18-15(11-13(12-21)19-17)14-8-6-7-9-16(14)20-18/h6-9,12-13,17,19-20H,2-5,10-11H2,1H3/p+1/t13-,17-/m0/s1. The average molecular weight is 285 g/mol. The van der Waals surface area contributed by atoms with Gasteiger partial charge in [0.25, 0.3) is 0 Å². The Hall–Kier alpha value is -1.61. The van der Waals surface area contributed by atoms with Crippen molar-refractivity contribution in [2.75, 3.05) is 0 Å². The number of nitrogens with one attached hydrogen (secondary N) is 1. The number of quaternary nitrogens is 1. The molecular formula is C18H25N2O+. The SMILES string of the molecule is CCCCCC[C@@H]1[NH2+][C@H](C=O)Cc2c1[nH]c1ccccc21. The van der Waals surface area contributed by atoms with Crippen molar-refractivity contribution >= 4 is 17.2 Å². The highest BCUT2D eigenvalue weighted by Gasteiger charge is 2.32. The number of rotatable bonds is 6. The van der Waals surface area contributed by atoms with Crippen LogP contribution in [0.25, 0.3) is 10.9 Å². The van der Waals surface area contributed by atoms with E-state index < -0.39 is 0 Å². The van der Waals surface area contributed by atoms with Gasteiger partial charge in [-0.1, -0.05) is 44.4 Å². The molecule has 2 aromatic rings. The summed E-state index contributed by atoms with van der Waals surface area (Å²) in [6.45, 7) is 2.24. The molecule has 0 unspecified atom stereocenters. The van der Waals surface area contributed by atoms with Crippen molar-refractivity contribution in [3.8, 4) is 0 Å². The number of aldehydes is 1. The fourth-order valence-corrected chi connectivity index (χ4v) is 3.58. The van der Waals surface area contributed by atoms with E-state index in [9.17, 15) is 4.79 Å². The smallest absolute Gasteiger partial charge is 0.177 e. The molecule has 0 aliphatic carbocycles. The lowest BCUT2D eigenvalue weighted by molar-refractivity contribution is -0.719. The quantitative estimate of drug-likeness (QED) is 0.622. The van der Waals surface area contributed by atoms with Gasteiger partial charge in [0.2, 0.25) is 0 Å². The number of benzene rings is 1. The second-order valence-electron chi connectivity index (χ2n) is 6.22. The van der Waals surface area contributed by atoms with Gasteiger partial charge in [-0.25, -0.2) is 0 Å². The van der Waals surface area contributed by atoms with Gasteiger partial charge in [-0.3, -0.25) is 4.79 Å². The molecule has 0 radical (unpaired) electrons. The predicted molar refractivity (Wildman–Crippen MR) is 85.3 cm³/mol. The van der Waals surface area contributed by atoms with Gasteiger partial charge in [0, 0.05) is 23.7 Å². The number of hydrogen-bond acceptors (Lipinski definition) is 1. The molecule has 0 saturated carbocycles. The van der Waals surface area contributed by atoms with E-state index >= 15 is 0 Å². The van der Waals surface area contributed by atoms with Crippen molar-refractivity contribution in [1.29, 1.82) is 0 Å². The van der Waals surface area contributed by atoms with Crippen LogP contribution in [-0.4, -0.2) is 17.3 Å². The summed E-state index contributed by atoms with van der Waals surface area (Å²) < 4.78 is 0. The molecule has 2 atom stereocenters. The highest BCUT2D eigenvalue weighted by atomic mass is 16.1. The normalized spacial score (nSPS) is 21.4. The first-order valence-electron chi connectivity index (χ1n) is 8.23. The van der Waals surface area contributed by atoms with Crippen molar-refractivity contribution in [1.82, 2.24) is 4.98 Å². The number of nitrogens with two attached hydrogens (primary N) is 1. The van der Waals surface area contributed by atoms with Crippen LogP contribution in [0.2, 0.25) is 0 Å². The van der Waals surface area contributed by atoms with Crippen LogP contribution >= 0.6 is 0 Å². The minimum absolute atomic E-state index is 0.0767. The lowest BCUT2D eigenvalue weighted by Crippen LogP contribution is -2.93. The molecule has 0 saturated heterocycles. The fourth-order valence-electron chi connectivity index (χ4n) is 3.58. The molecule has 1 aliphatic heterocycles. The highest BCUT2D eigenvalue weighted by Crippen LogP contribution is 2.30. The number of H-pyrrole nitrogens is 1. The maximum Gasteiger partial charge on any atom is 0.177 e. The van der Waals surface area contributed by atoms with Crippen LogP contribution in [0.3, 0.4) is 0 Å². The molecule has 0 bridgehead atoms. The van der Waals surface area contributed by atoms with Crippen molar-refractivity contribution in [3.63, 3.8) is 0 Å². The zero-order valence-electron chi connectivity index (χ0n) is 12.8. The largest absolute Gasteiger partial charge is 0.353 e. The summed E-state index contributed by atoms with van der Waals surface area (Å²) >= 11 is 0. The Kier molecular flexibility index (Phi) is 4.39. The molecule has 0 amide bonds. The minimum Gasteiger partial charge on any atom is -0.353 e. The number of aromatic nitrogens is 1. The molecule has 3 rings (SSSR count). The first-order valence-corrected chi connectivity index (χ1v) is 8.23. The van der Waals surface area contributed by atoms with Crippen LogP contribution in [0.5, 0.6) is 0 Å². The summed E-state index contributed by atoms with van der Waals surface area (Å²) in [7, 11) is 0. The second kappa shape index (κ2) is 6.44. The number of fused-ring (bicyclic) bond motifs is 3. The van der Waals surface area contributed by atoms with E-state index in [1.165, 1.54) is 47.8 Å². The molecule has 21 heavy (non-hydrogen) atoms. The van der Waals surface area contributed by atoms with Gasteiger partial charge >= 0.3 is 0 Å². The summed E-state index contributed by atoms with van der Waals surface area (Å²) in [4.78, 5) is 14.9. The topological polar surface area (TPSA) is 49.5 Å². The molecular weight excluding hydrogens is 260 g/mol. The van der Waals surface area contributed by atoms with E-state index in [-0.39, 0.29) is 6.04 Å². The molecule has 3 heteroatoms. The lowest BCUT2D eigenvalue weighted by atomic mass is 9.92. The Bertz CT molecular complexity index is 617. The molecule has 3 nitrogen and oxygen atoms in total. The molecule has 112 valence electrons. The van der Waals surface area contributed by atoms with E-state index in [1.54, 1.807) is 0 Å². The zero-order chi connectivity index (χ0) is 14.7. The van der Waals surface area contributed by atoms with Crippen molar-refractivity contribution in [2.45, 2.75) is 57.5 Å². The lowest BCUT2D eigenvalue weighted by Gasteiger charge is -2.25. The number of carbonyl (C=O) groups is 1. The van der Waals surface area contributed by atoms with Gasteiger partial charge in [0.1, 0.15) is 12.1 Å². The van der Waals surface area contributed by atoms with Gasteiger partial charge in [0.15, 0.2) is 6.29 Å². The third-order valence-corrected chi connectivity index (χ3v) is 4.68. The molecule has 1 aliphatic rings. The van der Waals surface area contributed by atoms with Crippen LogP contribution in [-0.2, 0) is 11.2 Å². The van der Waals surface area contributed by atoms with Gasteiger partial charge in [-0.05, 0) is 18.1 Å². The Morgan fingerprint density at radius 3 is 2.95 bits per heavy atom. The summed E-state index contributed by atoms with van der Waals surface area (Å²) in [6, 6.07) is 8.95. The van der Waals surface area contributed by atoms with E-state index in [0.717, 1.165) is 19.1 Å². The van der Waals surface area contributed by atoms with Crippen LogP contribution < -0.4 is 5.32 Å². The third kappa shape index (κ3) is 2.88.